The van der Waals surface area contributed by atoms with Gasteiger partial charge in [0.25, 0.3) is 5.91 Å². The Morgan fingerprint density at radius 2 is 2.11 bits per heavy atom. The molecule has 1 aliphatic rings. The van der Waals surface area contributed by atoms with Crippen LogP contribution in [0.4, 0.5) is 5.69 Å². The van der Waals surface area contributed by atoms with Crippen molar-refractivity contribution < 1.29 is 14.3 Å². The van der Waals surface area contributed by atoms with Crippen molar-refractivity contribution in [3.05, 3.63) is 59.7 Å². The van der Waals surface area contributed by atoms with E-state index in [4.69, 9.17) is 15.2 Å². The Hall–Kier alpha value is -3.06. The highest BCUT2D eigenvalue weighted by Gasteiger charge is 2.16. The molecule has 0 spiro atoms. The molecule has 1 saturated heterocycles. The second kappa shape index (κ2) is 9.75. The smallest absolute Gasteiger partial charge is 0.251 e. The molecule has 0 aromatic heterocycles. The molecule has 7 heteroatoms. The fourth-order valence-corrected chi connectivity index (χ4v) is 2.96. The second-order valence-electron chi connectivity index (χ2n) is 6.60. The number of nitrogens with one attached hydrogen (secondary N) is 2. The molecule has 28 heavy (non-hydrogen) atoms. The lowest BCUT2D eigenvalue weighted by atomic mass is 10.1. The Labute approximate surface area is 164 Å². The van der Waals surface area contributed by atoms with Crippen LogP contribution in [-0.2, 0) is 11.3 Å². The summed E-state index contributed by atoms with van der Waals surface area (Å²) >= 11 is 0. The van der Waals surface area contributed by atoms with Crippen LogP contribution in [0.5, 0.6) is 5.75 Å². The van der Waals surface area contributed by atoms with Crippen LogP contribution in [0.15, 0.2) is 53.5 Å². The second-order valence-corrected chi connectivity index (χ2v) is 6.60. The zero-order chi connectivity index (χ0) is 19.8. The fourth-order valence-electron chi connectivity index (χ4n) is 2.96. The van der Waals surface area contributed by atoms with Crippen molar-refractivity contribution in [1.29, 1.82) is 0 Å². The summed E-state index contributed by atoms with van der Waals surface area (Å²) in [5.41, 5.74) is 8.29. The third-order valence-electron chi connectivity index (χ3n) is 4.50. The van der Waals surface area contributed by atoms with Gasteiger partial charge in [-0.15, -0.1) is 0 Å². The number of hydrogen-bond acceptors (Lipinski definition) is 4. The number of aliphatic imine (C=N–C) groups is 1. The molecule has 1 heterocycles. The molecule has 148 valence electrons. The molecule has 1 fully saturated rings. The highest BCUT2D eigenvalue weighted by atomic mass is 16.5. The number of carbonyl (C=O) groups is 1. The third-order valence-corrected chi connectivity index (χ3v) is 4.50. The van der Waals surface area contributed by atoms with E-state index >= 15 is 0 Å². The number of hydrogen-bond donors (Lipinski definition) is 3. The maximum Gasteiger partial charge on any atom is 0.251 e. The normalized spacial score (nSPS) is 16.6. The number of benzene rings is 2. The summed E-state index contributed by atoms with van der Waals surface area (Å²) in [5, 5.41) is 5.96. The summed E-state index contributed by atoms with van der Waals surface area (Å²) in [6.07, 6.45) is 2.18. The quantitative estimate of drug-likeness (QED) is 0.505. The van der Waals surface area contributed by atoms with E-state index in [-0.39, 0.29) is 12.0 Å². The Balaban J connectivity index is 1.53. The van der Waals surface area contributed by atoms with Crippen molar-refractivity contribution in [2.75, 3.05) is 25.6 Å². The highest BCUT2D eigenvalue weighted by Crippen LogP contribution is 2.15. The predicted octanol–water partition coefficient (Wildman–Crippen LogP) is 2.53. The first-order chi connectivity index (χ1) is 13.6. The average Bonchev–Trinajstić information content (AvgIpc) is 3.25. The molecule has 1 amide bonds. The Bertz CT molecular complexity index is 815. The molecule has 0 bridgehead atoms. The van der Waals surface area contributed by atoms with Gasteiger partial charge in [-0.1, -0.05) is 12.1 Å². The van der Waals surface area contributed by atoms with Gasteiger partial charge in [0, 0.05) is 24.4 Å². The molecule has 7 nitrogen and oxygen atoms in total. The SMILES string of the molecule is COc1ccc(NC(N)=NCc2cccc(C(=O)NCC3CCCO3)c2)cc1. The van der Waals surface area contributed by atoms with Crippen LogP contribution >= 0.6 is 0 Å². The van der Waals surface area contributed by atoms with Crippen LogP contribution < -0.4 is 21.1 Å². The number of anilines is 1. The number of amides is 1. The van der Waals surface area contributed by atoms with Gasteiger partial charge in [0.15, 0.2) is 5.96 Å². The average molecular weight is 382 g/mol. The standard InChI is InChI=1S/C21H26N4O3/c1-27-18-9-7-17(8-10-18)25-21(22)24-13-15-4-2-5-16(12-15)20(26)23-14-19-6-3-11-28-19/h2,4-5,7-10,12,19H,3,6,11,13-14H2,1H3,(H,23,26)(H3,22,24,25). The molecule has 2 aromatic carbocycles. The monoisotopic (exact) mass is 382 g/mol. The summed E-state index contributed by atoms with van der Waals surface area (Å²) in [5.74, 6) is 0.972. The number of rotatable bonds is 7. The molecule has 4 N–H and O–H groups in total. The summed E-state index contributed by atoms with van der Waals surface area (Å²) in [6, 6.07) is 14.8. The molecule has 1 unspecified atom stereocenters. The molecular weight excluding hydrogens is 356 g/mol. The largest absolute Gasteiger partial charge is 0.497 e. The van der Waals surface area contributed by atoms with E-state index in [0.717, 1.165) is 36.4 Å². The van der Waals surface area contributed by atoms with E-state index in [2.05, 4.69) is 15.6 Å². The summed E-state index contributed by atoms with van der Waals surface area (Å²) in [7, 11) is 1.62. The number of methoxy groups -OCH3 is 1. The summed E-state index contributed by atoms with van der Waals surface area (Å²) in [4.78, 5) is 16.7. The lowest BCUT2D eigenvalue weighted by molar-refractivity contribution is 0.0857. The summed E-state index contributed by atoms with van der Waals surface area (Å²) < 4.78 is 10.7. The van der Waals surface area contributed by atoms with Gasteiger partial charge in [0.2, 0.25) is 0 Å². The molecule has 3 rings (SSSR count). The van der Waals surface area contributed by atoms with Gasteiger partial charge in [-0.3, -0.25) is 4.79 Å². The molecule has 0 radical (unpaired) electrons. The molecule has 2 aromatic rings. The minimum absolute atomic E-state index is 0.106. The van der Waals surface area contributed by atoms with Crippen molar-refractivity contribution >= 4 is 17.6 Å². The van der Waals surface area contributed by atoms with Gasteiger partial charge in [-0.05, 0) is 54.8 Å². The van der Waals surface area contributed by atoms with E-state index in [1.807, 2.05) is 42.5 Å². The van der Waals surface area contributed by atoms with E-state index < -0.39 is 0 Å². The minimum Gasteiger partial charge on any atom is -0.497 e. The van der Waals surface area contributed by atoms with Gasteiger partial charge in [0.1, 0.15) is 5.75 Å². The Kier molecular flexibility index (Phi) is 6.86. The van der Waals surface area contributed by atoms with E-state index in [1.165, 1.54) is 0 Å². The van der Waals surface area contributed by atoms with Crippen molar-refractivity contribution in [3.8, 4) is 5.75 Å². The van der Waals surface area contributed by atoms with Crippen LogP contribution in [0.3, 0.4) is 0 Å². The predicted molar refractivity (Wildman–Crippen MR) is 110 cm³/mol. The van der Waals surface area contributed by atoms with Crippen molar-refractivity contribution in [2.24, 2.45) is 10.7 Å². The van der Waals surface area contributed by atoms with Crippen LogP contribution in [-0.4, -0.2) is 38.2 Å². The van der Waals surface area contributed by atoms with Gasteiger partial charge in [0.05, 0.1) is 19.8 Å². The third kappa shape index (κ3) is 5.72. The van der Waals surface area contributed by atoms with Gasteiger partial charge >= 0.3 is 0 Å². The zero-order valence-electron chi connectivity index (χ0n) is 16.0. The molecule has 0 aliphatic carbocycles. The van der Waals surface area contributed by atoms with Crippen molar-refractivity contribution in [1.82, 2.24) is 5.32 Å². The molecular formula is C21H26N4O3. The van der Waals surface area contributed by atoms with E-state index in [1.54, 1.807) is 13.2 Å². The van der Waals surface area contributed by atoms with Crippen LogP contribution in [0, 0.1) is 0 Å². The molecule has 1 atom stereocenters. The fraction of sp³-hybridized carbons (Fsp3) is 0.333. The Morgan fingerprint density at radius 1 is 1.29 bits per heavy atom. The number of guanidine groups is 1. The molecule has 0 saturated carbocycles. The lowest BCUT2D eigenvalue weighted by Crippen LogP contribution is -2.31. The number of ether oxygens (including phenoxy) is 2. The van der Waals surface area contributed by atoms with Crippen LogP contribution in [0.1, 0.15) is 28.8 Å². The first-order valence-electron chi connectivity index (χ1n) is 9.34. The van der Waals surface area contributed by atoms with Crippen LogP contribution in [0.2, 0.25) is 0 Å². The number of nitrogens with zero attached hydrogens (tertiary/aromatic N) is 1. The maximum absolute atomic E-state index is 12.3. The van der Waals surface area contributed by atoms with Gasteiger partial charge in [-0.25, -0.2) is 4.99 Å². The van der Waals surface area contributed by atoms with Gasteiger partial charge < -0.3 is 25.8 Å². The van der Waals surface area contributed by atoms with Crippen molar-refractivity contribution in [3.63, 3.8) is 0 Å². The Morgan fingerprint density at radius 3 is 2.82 bits per heavy atom. The number of carbonyl (C=O) groups excluding carboxylic acids is 1. The lowest BCUT2D eigenvalue weighted by Gasteiger charge is -2.11. The first kappa shape index (κ1) is 19.7. The molecule has 1 aliphatic heterocycles. The van der Waals surface area contributed by atoms with Gasteiger partial charge in [-0.2, -0.15) is 0 Å². The maximum atomic E-state index is 12.3. The van der Waals surface area contributed by atoms with E-state index in [9.17, 15) is 4.79 Å². The topological polar surface area (TPSA) is 98.0 Å². The van der Waals surface area contributed by atoms with Crippen molar-refractivity contribution in [2.45, 2.75) is 25.5 Å². The number of nitrogens with two attached hydrogens (primary N) is 1. The van der Waals surface area contributed by atoms with E-state index in [0.29, 0.717) is 24.6 Å². The first-order valence-corrected chi connectivity index (χ1v) is 9.34. The highest BCUT2D eigenvalue weighted by molar-refractivity contribution is 5.94. The zero-order valence-corrected chi connectivity index (χ0v) is 16.0. The van der Waals surface area contributed by atoms with Crippen LogP contribution in [0.25, 0.3) is 0 Å². The minimum atomic E-state index is -0.106. The summed E-state index contributed by atoms with van der Waals surface area (Å²) in [6.45, 7) is 1.70.